The monoisotopic (exact) mass is 296 g/mol. The summed E-state index contributed by atoms with van der Waals surface area (Å²) in [5.74, 6) is 2.17. The minimum atomic E-state index is -0.246. The zero-order valence-corrected chi connectivity index (χ0v) is 14.0. The van der Waals surface area contributed by atoms with E-state index in [9.17, 15) is 0 Å². The van der Waals surface area contributed by atoms with Crippen LogP contribution in [-0.2, 0) is 9.31 Å². The number of rotatable bonds is 2. The quantitative estimate of drug-likeness (QED) is 0.593. The Morgan fingerprint density at radius 1 is 0.909 bits per heavy atom. The van der Waals surface area contributed by atoms with Gasteiger partial charge in [-0.25, -0.2) is 0 Å². The summed E-state index contributed by atoms with van der Waals surface area (Å²) in [6.45, 7) is 8.59. The van der Waals surface area contributed by atoms with E-state index >= 15 is 0 Å². The molecule has 22 heavy (non-hydrogen) atoms. The van der Waals surface area contributed by atoms with Crippen molar-refractivity contribution in [3.05, 3.63) is 48.0 Å². The Hall–Kier alpha value is -1.06. The van der Waals surface area contributed by atoms with Crippen molar-refractivity contribution in [3.8, 4) is 0 Å². The van der Waals surface area contributed by atoms with Gasteiger partial charge >= 0.3 is 7.12 Å². The van der Waals surface area contributed by atoms with Gasteiger partial charge in [-0.05, 0) is 57.4 Å². The Labute approximate surface area is 134 Å². The summed E-state index contributed by atoms with van der Waals surface area (Å²) in [7, 11) is -0.102. The lowest BCUT2D eigenvalue weighted by atomic mass is 9.59. The maximum Gasteiger partial charge on any atom is 0.462 e. The lowest BCUT2D eigenvalue weighted by molar-refractivity contribution is 0.00578. The van der Waals surface area contributed by atoms with Crippen molar-refractivity contribution in [2.75, 3.05) is 0 Å². The molecule has 2 bridgehead atoms. The highest BCUT2D eigenvalue weighted by Crippen LogP contribution is 2.59. The molecule has 0 aromatic heterocycles. The average molecular weight is 296 g/mol. The molecule has 4 atom stereocenters. The number of benzene rings is 1. The lowest BCUT2D eigenvalue weighted by Gasteiger charge is -2.32. The van der Waals surface area contributed by atoms with Crippen LogP contribution in [0.25, 0.3) is 0 Å². The summed E-state index contributed by atoms with van der Waals surface area (Å²) in [5.41, 5.74) is 0.939. The van der Waals surface area contributed by atoms with E-state index in [-0.39, 0.29) is 18.3 Å². The van der Waals surface area contributed by atoms with Gasteiger partial charge in [-0.3, -0.25) is 0 Å². The lowest BCUT2D eigenvalue weighted by Crippen LogP contribution is -2.41. The van der Waals surface area contributed by atoms with Crippen LogP contribution >= 0.6 is 0 Å². The first-order valence-electron chi connectivity index (χ1n) is 8.48. The van der Waals surface area contributed by atoms with Crippen LogP contribution < -0.4 is 0 Å². The van der Waals surface area contributed by atoms with E-state index in [0.717, 1.165) is 0 Å². The molecule has 1 aromatic carbocycles. The van der Waals surface area contributed by atoms with Crippen LogP contribution in [0, 0.1) is 11.8 Å². The van der Waals surface area contributed by atoms with Gasteiger partial charge in [-0.15, -0.1) is 0 Å². The van der Waals surface area contributed by atoms with E-state index in [0.29, 0.717) is 23.6 Å². The highest BCUT2D eigenvalue weighted by molar-refractivity contribution is 6.48. The van der Waals surface area contributed by atoms with Crippen molar-refractivity contribution in [2.45, 2.75) is 57.1 Å². The fourth-order valence-electron chi connectivity index (χ4n) is 4.42. The zero-order chi connectivity index (χ0) is 15.5. The molecule has 1 aromatic rings. The van der Waals surface area contributed by atoms with Crippen molar-refractivity contribution in [1.29, 1.82) is 0 Å². The molecule has 1 saturated heterocycles. The molecule has 2 aliphatic carbocycles. The number of fused-ring (bicyclic) bond motifs is 2. The Bertz CT molecular complexity index is 577. The van der Waals surface area contributed by atoms with Crippen LogP contribution in [0.4, 0.5) is 0 Å². The molecule has 3 aliphatic rings. The minimum absolute atomic E-state index is 0.102. The Morgan fingerprint density at radius 2 is 1.50 bits per heavy atom. The average Bonchev–Trinajstić information content (AvgIpc) is 3.12. The third-order valence-corrected chi connectivity index (χ3v) is 6.29. The fraction of sp³-hybridized carbons (Fsp3) is 0.579. The maximum absolute atomic E-state index is 6.40. The van der Waals surface area contributed by atoms with Gasteiger partial charge in [0.25, 0.3) is 0 Å². The Balaban J connectivity index is 1.67. The van der Waals surface area contributed by atoms with Crippen LogP contribution in [-0.4, -0.2) is 18.3 Å². The number of hydrogen-bond donors (Lipinski definition) is 0. The van der Waals surface area contributed by atoms with E-state index in [2.05, 4.69) is 70.2 Å². The van der Waals surface area contributed by atoms with Crippen LogP contribution in [0.1, 0.15) is 45.6 Å². The highest BCUT2D eigenvalue weighted by Gasteiger charge is 2.60. The normalized spacial score (nSPS) is 37.9. The molecular formula is C19H25BO2. The molecule has 4 unspecified atom stereocenters. The largest absolute Gasteiger partial charge is 0.462 e. The maximum atomic E-state index is 6.40. The SMILES string of the molecule is CC1(C)OB(C2C3C=CC(C3)C2c2ccccc2)OC1(C)C. The third kappa shape index (κ3) is 2.02. The van der Waals surface area contributed by atoms with E-state index in [4.69, 9.17) is 9.31 Å². The minimum Gasteiger partial charge on any atom is -0.403 e. The number of hydrogen-bond acceptors (Lipinski definition) is 2. The summed E-state index contributed by atoms with van der Waals surface area (Å²) in [4.78, 5) is 0. The topological polar surface area (TPSA) is 18.5 Å². The van der Waals surface area contributed by atoms with Crippen molar-refractivity contribution < 1.29 is 9.31 Å². The Morgan fingerprint density at radius 3 is 2.14 bits per heavy atom. The molecule has 2 fully saturated rings. The smallest absolute Gasteiger partial charge is 0.403 e. The molecule has 1 aliphatic heterocycles. The predicted molar refractivity (Wildman–Crippen MR) is 89.8 cm³/mol. The molecule has 116 valence electrons. The van der Waals surface area contributed by atoms with Crippen LogP contribution in [0.5, 0.6) is 0 Å². The van der Waals surface area contributed by atoms with Gasteiger partial charge in [-0.1, -0.05) is 42.5 Å². The van der Waals surface area contributed by atoms with Gasteiger partial charge in [0.1, 0.15) is 0 Å². The second kappa shape index (κ2) is 4.72. The summed E-state index contributed by atoms with van der Waals surface area (Å²) in [5, 5.41) is 0. The second-order valence-corrected chi connectivity index (χ2v) is 8.09. The molecule has 1 saturated carbocycles. The van der Waals surface area contributed by atoms with Crippen LogP contribution in [0.15, 0.2) is 42.5 Å². The van der Waals surface area contributed by atoms with E-state index < -0.39 is 0 Å². The second-order valence-electron chi connectivity index (χ2n) is 8.09. The van der Waals surface area contributed by atoms with E-state index in [1.165, 1.54) is 12.0 Å². The summed E-state index contributed by atoms with van der Waals surface area (Å²) >= 11 is 0. The van der Waals surface area contributed by atoms with Crippen molar-refractivity contribution >= 4 is 7.12 Å². The molecule has 0 radical (unpaired) electrons. The van der Waals surface area contributed by atoms with Gasteiger partial charge < -0.3 is 9.31 Å². The van der Waals surface area contributed by atoms with Crippen molar-refractivity contribution in [1.82, 2.24) is 0 Å². The van der Waals surface area contributed by atoms with Gasteiger partial charge in [0.2, 0.25) is 0 Å². The molecule has 0 amide bonds. The molecule has 0 spiro atoms. The van der Waals surface area contributed by atoms with Crippen molar-refractivity contribution in [3.63, 3.8) is 0 Å². The first-order valence-corrected chi connectivity index (χ1v) is 8.48. The Kier molecular flexibility index (Phi) is 3.12. The molecule has 1 heterocycles. The highest BCUT2D eigenvalue weighted by atomic mass is 16.7. The zero-order valence-electron chi connectivity index (χ0n) is 14.0. The van der Waals surface area contributed by atoms with Crippen LogP contribution in [0.2, 0.25) is 5.82 Å². The third-order valence-electron chi connectivity index (χ3n) is 6.29. The van der Waals surface area contributed by atoms with Gasteiger partial charge in [0.15, 0.2) is 0 Å². The predicted octanol–water partition coefficient (Wildman–Crippen LogP) is 4.44. The van der Waals surface area contributed by atoms with Crippen molar-refractivity contribution in [2.24, 2.45) is 11.8 Å². The van der Waals surface area contributed by atoms with E-state index in [1.807, 2.05) is 0 Å². The summed E-state index contributed by atoms with van der Waals surface area (Å²) in [6.07, 6.45) is 6.04. The van der Waals surface area contributed by atoms with Gasteiger partial charge in [0, 0.05) is 5.82 Å². The van der Waals surface area contributed by atoms with E-state index in [1.54, 1.807) is 0 Å². The first kappa shape index (κ1) is 14.5. The molecule has 0 N–H and O–H groups in total. The molecule has 4 rings (SSSR count). The van der Waals surface area contributed by atoms with Gasteiger partial charge in [-0.2, -0.15) is 0 Å². The summed E-state index contributed by atoms with van der Waals surface area (Å²) < 4.78 is 12.8. The molecule has 2 nitrogen and oxygen atoms in total. The molecule has 3 heteroatoms. The fourth-order valence-corrected chi connectivity index (χ4v) is 4.42. The van der Waals surface area contributed by atoms with Crippen LogP contribution in [0.3, 0.4) is 0 Å². The molecular weight excluding hydrogens is 271 g/mol. The summed E-state index contributed by atoms with van der Waals surface area (Å²) in [6, 6.07) is 10.9. The van der Waals surface area contributed by atoms with Gasteiger partial charge in [0.05, 0.1) is 11.2 Å². The first-order chi connectivity index (χ1) is 10.4. The number of allylic oxidation sites excluding steroid dienone is 2. The standard InChI is InChI=1S/C19H25BO2/c1-18(2)19(3,4)22-20(21-18)17-15-11-10-14(12-15)16(17)13-8-6-5-7-9-13/h5-11,14-17H,12H2,1-4H3.